The fourth-order valence-electron chi connectivity index (χ4n) is 0.553. The van der Waals surface area contributed by atoms with Gasteiger partial charge in [-0.3, -0.25) is 0 Å². The van der Waals surface area contributed by atoms with E-state index >= 15 is 0 Å². The van der Waals surface area contributed by atoms with Crippen molar-refractivity contribution in [2.75, 3.05) is 13.2 Å². The lowest BCUT2D eigenvalue weighted by Gasteiger charge is -2.01. The molecule has 0 saturated heterocycles. The summed E-state index contributed by atoms with van der Waals surface area (Å²) in [6.07, 6.45) is 2.97. The molecule has 0 rings (SSSR count). The van der Waals surface area contributed by atoms with Crippen LogP contribution >= 0.6 is 0 Å². The highest BCUT2D eigenvalue weighted by Gasteiger charge is 1.84. The summed E-state index contributed by atoms with van der Waals surface area (Å²) in [6.45, 7) is 4.43. The van der Waals surface area contributed by atoms with Gasteiger partial charge < -0.3 is 9.84 Å². The number of aliphatic hydroxyl groups excluding tert-OH is 1. The van der Waals surface area contributed by atoms with E-state index in [1.165, 1.54) is 0 Å². The van der Waals surface area contributed by atoms with Crippen molar-refractivity contribution < 1.29 is 9.84 Å². The Labute approximate surface area is 56.1 Å². The molecule has 0 aromatic heterocycles. The zero-order chi connectivity index (χ0) is 7.11. The molecule has 54 valence electrons. The van der Waals surface area contributed by atoms with Gasteiger partial charge in [-0.1, -0.05) is 6.92 Å². The van der Waals surface area contributed by atoms with Gasteiger partial charge in [-0.2, -0.15) is 0 Å². The molecule has 2 heteroatoms. The van der Waals surface area contributed by atoms with Gasteiger partial charge in [0.1, 0.15) is 6.61 Å². The molecule has 0 heterocycles. The van der Waals surface area contributed by atoms with Crippen LogP contribution in [0.3, 0.4) is 0 Å². The number of aliphatic hydroxyl groups is 1. The Morgan fingerprint density at radius 1 is 1.67 bits per heavy atom. The monoisotopic (exact) mass is 130 g/mol. The largest absolute Gasteiger partial charge is 0.496 e. The molecular weight excluding hydrogens is 116 g/mol. The minimum absolute atomic E-state index is 0.0922. The van der Waals surface area contributed by atoms with Crippen molar-refractivity contribution >= 4 is 0 Å². The zero-order valence-corrected chi connectivity index (χ0v) is 6.05. The summed E-state index contributed by atoms with van der Waals surface area (Å²) in [7, 11) is 0. The fourth-order valence-corrected chi connectivity index (χ4v) is 0.553. The Balaban J connectivity index is 3.25. The molecule has 9 heavy (non-hydrogen) atoms. The molecule has 2 nitrogen and oxygen atoms in total. The first-order valence-corrected chi connectivity index (χ1v) is 3.21. The van der Waals surface area contributed by atoms with Crippen molar-refractivity contribution in [2.24, 2.45) is 0 Å². The third-order valence-corrected chi connectivity index (χ3v) is 0.913. The molecule has 0 amide bonds. The average Bonchev–Trinajstić information content (AvgIpc) is 1.85. The summed E-state index contributed by atoms with van der Waals surface area (Å²) in [5, 5.41) is 8.33. The molecule has 0 aromatic carbocycles. The van der Waals surface area contributed by atoms with Crippen LogP contribution < -0.4 is 0 Å². The van der Waals surface area contributed by atoms with Crippen LogP contribution in [0.5, 0.6) is 0 Å². The summed E-state index contributed by atoms with van der Waals surface area (Å²) in [6, 6.07) is 0. The van der Waals surface area contributed by atoms with Gasteiger partial charge in [0.25, 0.3) is 0 Å². The van der Waals surface area contributed by atoms with Gasteiger partial charge in [-0.25, -0.2) is 0 Å². The molecule has 0 aromatic rings. The van der Waals surface area contributed by atoms with Crippen molar-refractivity contribution in [3.8, 4) is 0 Å². The predicted molar refractivity (Wildman–Crippen MR) is 37.1 cm³/mol. The van der Waals surface area contributed by atoms with Gasteiger partial charge >= 0.3 is 0 Å². The van der Waals surface area contributed by atoms with E-state index in [0.717, 1.165) is 12.2 Å². The van der Waals surface area contributed by atoms with Gasteiger partial charge in [-0.05, 0) is 19.4 Å². The Bertz CT molecular complexity index is 86.9. The number of hydrogen-bond acceptors (Lipinski definition) is 2. The van der Waals surface area contributed by atoms with Gasteiger partial charge in [0.15, 0.2) is 0 Å². The lowest BCUT2D eigenvalue weighted by atomic mass is 10.4. The van der Waals surface area contributed by atoms with E-state index in [0.29, 0.717) is 6.61 Å². The summed E-state index contributed by atoms with van der Waals surface area (Å²) >= 11 is 0. The van der Waals surface area contributed by atoms with E-state index in [9.17, 15) is 0 Å². The lowest BCUT2D eigenvalue weighted by molar-refractivity contribution is 0.145. The maximum Gasteiger partial charge on any atom is 0.111 e. The van der Waals surface area contributed by atoms with Crippen LogP contribution in [-0.4, -0.2) is 18.3 Å². The first kappa shape index (κ1) is 8.50. The molecule has 0 aliphatic rings. The van der Waals surface area contributed by atoms with Crippen LogP contribution in [0.4, 0.5) is 0 Å². The van der Waals surface area contributed by atoms with Crippen LogP contribution in [-0.2, 0) is 4.74 Å². The van der Waals surface area contributed by atoms with Gasteiger partial charge in [0.2, 0.25) is 0 Å². The molecule has 0 saturated carbocycles. The van der Waals surface area contributed by atoms with Crippen LogP contribution in [0.25, 0.3) is 0 Å². The second-order valence-corrected chi connectivity index (χ2v) is 1.80. The first-order valence-electron chi connectivity index (χ1n) is 3.21. The maximum atomic E-state index is 8.33. The molecule has 0 spiro atoms. The Morgan fingerprint density at radius 3 is 2.78 bits per heavy atom. The van der Waals surface area contributed by atoms with Crippen LogP contribution in [0, 0.1) is 0 Å². The van der Waals surface area contributed by atoms with E-state index in [2.05, 4.69) is 0 Å². The second-order valence-electron chi connectivity index (χ2n) is 1.80. The number of rotatable bonds is 4. The van der Waals surface area contributed by atoms with E-state index in [-0.39, 0.29) is 6.61 Å². The quantitative estimate of drug-likeness (QED) is 0.581. The summed E-state index contributed by atoms with van der Waals surface area (Å²) in [5.41, 5.74) is 0. The summed E-state index contributed by atoms with van der Waals surface area (Å²) in [4.78, 5) is 0. The molecule has 0 atom stereocenters. The minimum atomic E-state index is 0.0922. The fraction of sp³-hybridized carbons (Fsp3) is 0.714. The van der Waals surface area contributed by atoms with Crippen molar-refractivity contribution in [3.63, 3.8) is 0 Å². The highest BCUT2D eigenvalue weighted by atomic mass is 16.5. The molecule has 0 aliphatic carbocycles. The zero-order valence-electron chi connectivity index (χ0n) is 6.05. The van der Waals surface area contributed by atoms with Crippen molar-refractivity contribution in [2.45, 2.75) is 20.3 Å². The first-order chi connectivity index (χ1) is 4.31. The van der Waals surface area contributed by atoms with Gasteiger partial charge in [0.05, 0.1) is 12.4 Å². The normalized spacial score (nSPS) is 11.7. The summed E-state index contributed by atoms with van der Waals surface area (Å²) in [5.74, 6) is 0.895. The lowest BCUT2D eigenvalue weighted by Crippen LogP contribution is -1.96. The number of hydrogen-bond donors (Lipinski definition) is 1. The molecule has 0 fully saturated rings. The topological polar surface area (TPSA) is 29.5 Å². The number of ether oxygens (including phenoxy) is 1. The third-order valence-electron chi connectivity index (χ3n) is 0.913. The van der Waals surface area contributed by atoms with Crippen molar-refractivity contribution in [1.82, 2.24) is 0 Å². The van der Waals surface area contributed by atoms with E-state index < -0.39 is 0 Å². The van der Waals surface area contributed by atoms with Crippen LogP contribution in [0.15, 0.2) is 11.8 Å². The minimum Gasteiger partial charge on any atom is -0.496 e. The predicted octanol–water partition coefficient (Wildman–Crippen LogP) is 1.31. The average molecular weight is 130 g/mol. The van der Waals surface area contributed by atoms with Gasteiger partial charge in [0, 0.05) is 0 Å². The van der Waals surface area contributed by atoms with E-state index in [4.69, 9.17) is 9.84 Å². The molecule has 0 radical (unpaired) electrons. The van der Waals surface area contributed by atoms with E-state index in [1.807, 2.05) is 19.9 Å². The SMILES string of the molecule is CC/C=C(/C)OCCO. The second kappa shape index (κ2) is 5.63. The third kappa shape index (κ3) is 5.37. The standard InChI is InChI=1S/C7H14O2/c1-3-4-7(2)9-6-5-8/h4,8H,3,5-6H2,1-2H3/b7-4-. The van der Waals surface area contributed by atoms with E-state index in [1.54, 1.807) is 0 Å². The molecule has 0 aliphatic heterocycles. The highest BCUT2D eigenvalue weighted by Crippen LogP contribution is 1.95. The Hall–Kier alpha value is -0.500. The van der Waals surface area contributed by atoms with Crippen molar-refractivity contribution in [1.29, 1.82) is 0 Å². The smallest absolute Gasteiger partial charge is 0.111 e. The Kier molecular flexibility index (Phi) is 5.32. The summed E-state index contributed by atoms with van der Waals surface area (Å²) < 4.78 is 5.04. The molecule has 1 N–H and O–H groups in total. The van der Waals surface area contributed by atoms with Crippen LogP contribution in [0.2, 0.25) is 0 Å². The van der Waals surface area contributed by atoms with Crippen molar-refractivity contribution in [3.05, 3.63) is 11.8 Å². The molecular formula is C7H14O2. The number of allylic oxidation sites excluding steroid dienone is 2. The highest BCUT2D eigenvalue weighted by molar-refractivity contribution is 4.86. The molecule has 0 unspecified atom stereocenters. The molecule has 0 bridgehead atoms. The maximum absolute atomic E-state index is 8.33. The van der Waals surface area contributed by atoms with Gasteiger partial charge in [-0.15, -0.1) is 0 Å². The Morgan fingerprint density at radius 2 is 2.33 bits per heavy atom. The van der Waals surface area contributed by atoms with Crippen LogP contribution in [0.1, 0.15) is 20.3 Å².